The van der Waals surface area contributed by atoms with Crippen LogP contribution < -0.4 is 4.72 Å². The number of aryl methyl sites for hydroxylation is 1. The largest absolute Gasteiger partial charge is 0.295 e. The molecule has 0 saturated heterocycles. The summed E-state index contributed by atoms with van der Waals surface area (Å²) >= 11 is 0. The number of fused-ring (bicyclic) bond motifs is 1. The first-order chi connectivity index (χ1) is 11.5. The molecule has 24 heavy (non-hydrogen) atoms. The lowest BCUT2D eigenvalue weighted by atomic mass is 9.94. The Hall–Kier alpha value is -0.960. The second-order valence-electron chi connectivity index (χ2n) is 7.07. The fourth-order valence-electron chi connectivity index (χ4n) is 3.69. The average Bonchev–Trinajstić information content (AvgIpc) is 2.84. The molecule has 1 aromatic heterocycles. The maximum absolute atomic E-state index is 11.8. The van der Waals surface area contributed by atoms with Gasteiger partial charge in [-0.05, 0) is 25.3 Å². The van der Waals surface area contributed by atoms with Crippen LogP contribution in [-0.2, 0) is 29.8 Å². The van der Waals surface area contributed by atoms with E-state index in [0.29, 0.717) is 6.04 Å². The van der Waals surface area contributed by atoms with E-state index < -0.39 is 10.2 Å². The predicted octanol–water partition coefficient (Wildman–Crippen LogP) is 1.32. The Morgan fingerprint density at radius 1 is 1.21 bits per heavy atom. The van der Waals surface area contributed by atoms with Gasteiger partial charge in [0, 0.05) is 39.8 Å². The van der Waals surface area contributed by atoms with Crippen molar-refractivity contribution in [3.05, 3.63) is 17.5 Å². The second kappa shape index (κ2) is 7.51. The van der Waals surface area contributed by atoms with Gasteiger partial charge in [-0.25, -0.2) is 0 Å². The normalized spacial score (nSPS) is 21.0. The minimum absolute atomic E-state index is 0.240. The van der Waals surface area contributed by atoms with Crippen molar-refractivity contribution < 1.29 is 8.42 Å². The van der Waals surface area contributed by atoms with Gasteiger partial charge in [-0.15, -0.1) is 0 Å². The van der Waals surface area contributed by atoms with Gasteiger partial charge in [-0.3, -0.25) is 9.58 Å². The zero-order chi connectivity index (χ0) is 17.2. The molecular weight excluding hydrogens is 326 g/mol. The SMILES string of the molecule is CN(C)S(=O)(=O)NCc1cc2n(n1)CCCN(C1CCCCC1)C2. The van der Waals surface area contributed by atoms with Gasteiger partial charge in [0.1, 0.15) is 0 Å². The number of hydrogen-bond donors (Lipinski definition) is 1. The fraction of sp³-hybridized carbons (Fsp3) is 0.812. The zero-order valence-electron chi connectivity index (χ0n) is 14.7. The van der Waals surface area contributed by atoms with E-state index in [9.17, 15) is 8.42 Å². The van der Waals surface area contributed by atoms with Crippen LogP contribution in [0.3, 0.4) is 0 Å². The van der Waals surface area contributed by atoms with Crippen molar-refractivity contribution in [2.45, 2.75) is 64.2 Å². The molecule has 0 unspecified atom stereocenters. The van der Waals surface area contributed by atoms with Crippen molar-refractivity contribution in [3.8, 4) is 0 Å². The first-order valence-electron chi connectivity index (χ1n) is 8.92. The van der Waals surface area contributed by atoms with Crippen molar-refractivity contribution in [3.63, 3.8) is 0 Å². The molecule has 0 radical (unpaired) electrons. The molecule has 1 N–H and O–H groups in total. The van der Waals surface area contributed by atoms with E-state index in [1.54, 1.807) is 0 Å². The quantitative estimate of drug-likeness (QED) is 0.865. The van der Waals surface area contributed by atoms with Crippen LogP contribution in [0.15, 0.2) is 6.07 Å². The Kier molecular flexibility index (Phi) is 5.59. The van der Waals surface area contributed by atoms with Gasteiger partial charge in [0.05, 0.1) is 17.9 Å². The monoisotopic (exact) mass is 355 g/mol. The fourth-order valence-corrected chi connectivity index (χ4v) is 4.27. The van der Waals surface area contributed by atoms with E-state index in [0.717, 1.165) is 31.7 Å². The van der Waals surface area contributed by atoms with Crippen molar-refractivity contribution in [1.29, 1.82) is 0 Å². The van der Waals surface area contributed by atoms with Crippen LogP contribution in [0.4, 0.5) is 0 Å². The third-order valence-electron chi connectivity index (χ3n) is 5.10. The van der Waals surface area contributed by atoms with E-state index in [1.807, 2.05) is 0 Å². The molecule has 0 atom stereocenters. The predicted molar refractivity (Wildman–Crippen MR) is 93.6 cm³/mol. The molecule has 0 bridgehead atoms. The summed E-state index contributed by atoms with van der Waals surface area (Å²) in [6.07, 6.45) is 7.79. The Balaban J connectivity index is 1.66. The highest BCUT2D eigenvalue weighted by Crippen LogP contribution is 2.26. The first kappa shape index (κ1) is 17.8. The molecule has 1 aliphatic carbocycles. The average molecular weight is 356 g/mol. The Morgan fingerprint density at radius 3 is 2.67 bits per heavy atom. The van der Waals surface area contributed by atoms with E-state index >= 15 is 0 Å². The second-order valence-corrected chi connectivity index (χ2v) is 9.04. The third kappa shape index (κ3) is 4.17. The molecule has 8 heteroatoms. The van der Waals surface area contributed by atoms with Crippen LogP contribution in [0.1, 0.15) is 49.9 Å². The lowest BCUT2D eigenvalue weighted by Crippen LogP contribution is -2.36. The maximum atomic E-state index is 11.8. The maximum Gasteiger partial charge on any atom is 0.279 e. The van der Waals surface area contributed by atoms with Gasteiger partial charge in [-0.2, -0.15) is 22.5 Å². The highest BCUT2D eigenvalue weighted by Gasteiger charge is 2.25. The molecule has 0 spiro atoms. The molecule has 3 rings (SSSR count). The highest BCUT2D eigenvalue weighted by atomic mass is 32.2. The van der Waals surface area contributed by atoms with E-state index in [2.05, 4.69) is 25.5 Å². The molecule has 1 aromatic rings. The molecule has 2 heterocycles. The number of aromatic nitrogens is 2. The summed E-state index contributed by atoms with van der Waals surface area (Å²) in [6.45, 7) is 3.22. The van der Waals surface area contributed by atoms with Crippen LogP contribution in [0.5, 0.6) is 0 Å². The minimum atomic E-state index is -3.41. The summed E-state index contributed by atoms with van der Waals surface area (Å²) in [4.78, 5) is 2.60. The molecule has 0 amide bonds. The van der Waals surface area contributed by atoms with E-state index in [1.165, 1.54) is 56.2 Å². The topological polar surface area (TPSA) is 70.5 Å². The van der Waals surface area contributed by atoms with E-state index in [4.69, 9.17) is 0 Å². The molecule has 7 nitrogen and oxygen atoms in total. The van der Waals surface area contributed by atoms with Gasteiger partial charge < -0.3 is 0 Å². The minimum Gasteiger partial charge on any atom is -0.295 e. The van der Waals surface area contributed by atoms with Crippen molar-refractivity contribution in [2.24, 2.45) is 0 Å². The Labute approximate surface area is 145 Å². The van der Waals surface area contributed by atoms with Crippen LogP contribution in [0.25, 0.3) is 0 Å². The molecular formula is C16H29N5O2S. The van der Waals surface area contributed by atoms with Gasteiger partial charge in [0.15, 0.2) is 0 Å². The first-order valence-corrected chi connectivity index (χ1v) is 10.4. The Morgan fingerprint density at radius 2 is 1.96 bits per heavy atom. The zero-order valence-corrected chi connectivity index (χ0v) is 15.6. The van der Waals surface area contributed by atoms with Gasteiger partial charge in [0.25, 0.3) is 10.2 Å². The van der Waals surface area contributed by atoms with Crippen LogP contribution in [0, 0.1) is 0 Å². The van der Waals surface area contributed by atoms with Gasteiger partial charge in [0.2, 0.25) is 0 Å². The number of nitrogens with zero attached hydrogens (tertiary/aromatic N) is 4. The van der Waals surface area contributed by atoms with Crippen LogP contribution in [-0.4, -0.2) is 54.1 Å². The lowest BCUT2D eigenvalue weighted by molar-refractivity contribution is 0.150. The lowest BCUT2D eigenvalue weighted by Gasteiger charge is -2.33. The molecule has 0 aromatic carbocycles. The van der Waals surface area contributed by atoms with Gasteiger partial charge >= 0.3 is 0 Å². The summed E-state index contributed by atoms with van der Waals surface area (Å²) in [5.74, 6) is 0. The number of rotatable bonds is 5. The molecule has 1 aliphatic heterocycles. The summed E-state index contributed by atoms with van der Waals surface area (Å²) in [7, 11) is -0.368. The summed E-state index contributed by atoms with van der Waals surface area (Å²) < 4.78 is 29.5. The molecule has 2 aliphatic rings. The Bertz CT molecular complexity index is 649. The van der Waals surface area contributed by atoms with E-state index in [-0.39, 0.29) is 6.54 Å². The summed E-state index contributed by atoms with van der Waals surface area (Å²) in [5, 5.41) is 4.60. The van der Waals surface area contributed by atoms with Crippen molar-refractivity contribution >= 4 is 10.2 Å². The molecule has 1 saturated carbocycles. The highest BCUT2D eigenvalue weighted by molar-refractivity contribution is 7.87. The summed E-state index contributed by atoms with van der Waals surface area (Å²) in [6, 6.07) is 2.76. The number of hydrogen-bond acceptors (Lipinski definition) is 4. The smallest absolute Gasteiger partial charge is 0.279 e. The standard InChI is InChI=1S/C16H29N5O2S/c1-19(2)24(22,23)17-12-14-11-16-13-20(9-6-10-21(16)18-14)15-7-4-3-5-8-15/h11,15,17H,3-10,12-13H2,1-2H3. The third-order valence-corrected chi connectivity index (χ3v) is 6.57. The molecule has 1 fully saturated rings. The van der Waals surface area contributed by atoms with Crippen LogP contribution >= 0.6 is 0 Å². The number of nitrogens with one attached hydrogen (secondary N) is 1. The summed E-state index contributed by atoms with van der Waals surface area (Å²) in [5.41, 5.74) is 2.00. The van der Waals surface area contributed by atoms with Crippen molar-refractivity contribution in [2.75, 3.05) is 20.6 Å². The van der Waals surface area contributed by atoms with Gasteiger partial charge in [-0.1, -0.05) is 19.3 Å². The molecule has 136 valence electrons. The van der Waals surface area contributed by atoms with Crippen molar-refractivity contribution in [1.82, 2.24) is 23.7 Å². The van der Waals surface area contributed by atoms with Crippen LogP contribution in [0.2, 0.25) is 0 Å².